The van der Waals surface area contributed by atoms with Crippen molar-refractivity contribution >= 4 is 16.9 Å². The van der Waals surface area contributed by atoms with Gasteiger partial charge in [-0.3, -0.25) is 4.90 Å². The fourth-order valence-corrected chi connectivity index (χ4v) is 2.38. The van der Waals surface area contributed by atoms with Gasteiger partial charge in [0.2, 0.25) is 5.76 Å². The zero-order valence-corrected chi connectivity index (χ0v) is 13.3. The predicted molar refractivity (Wildman–Crippen MR) is 83.6 cm³/mol. The molecule has 1 unspecified atom stereocenters. The van der Waals surface area contributed by atoms with Crippen molar-refractivity contribution in [3.05, 3.63) is 35.6 Å². The molecule has 0 spiro atoms. The summed E-state index contributed by atoms with van der Waals surface area (Å²) in [7, 11) is 2.11. The molecule has 4 nitrogen and oxygen atoms in total. The fourth-order valence-electron chi connectivity index (χ4n) is 2.38. The van der Waals surface area contributed by atoms with E-state index in [0.29, 0.717) is 11.6 Å². The summed E-state index contributed by atoms with van der Waals surface area (Å²) in [6.45, 7) is 9.73. The molecule has 2 aromatic rings. The lowest BCUT2D eigenvalue weighted by molar-refractivity contribution is 0.0665. The van der Waals surface area contributed by atoms with Gasteiger partial charge in [0.15, 0.2) is 0 Å². The first-order valence-electron chi connectivity index (χ1n) is 7.14. The van der Waals surface area contributed by atoms with E-state index in [2.05, 4.69) is 39.6 Å². The SMILES string of the molecule is CC(N(C)Cc1ccc2oc(C(=O)O)cc2c1)C(C)(C)C. The van der Waals surface area contributed by atoms with Crippen molar-refractivity contribution in [1.29, 1.82) is 0 Å². The van der Waals surface area contributed by atoms with Crippen LogP contribution in [0.4, 0.5) is 0 Å². The van der Waals surface area contributed by atoms with Crippen LogP contribution in [0, 0.1) is 5.41 Å². The lowest BCUT2D eigenvalue weighted by Gasteiger charge is -2.35. The average Bonchev–Trinajstić information content (AvgIpc) is 2.79. The van der Waals surface area contributed by atoms with E-state index < -0.39 is 5.97 Å². The van der Waals surface area contributed by atoms with Gasteiger partial charge in [0, 0.05) is 18.0 Å². The number of fused-ring (bicyclic) bond motifs is 1. The first-order chi connectivity index (χ1) is 9.68. The number of hydrogen-bond donors (Lipinski definition) is 1. The topological polar surface area (TPSA) is 53.7 Å². The highest BCUT2D eigenvalue weighted by Crippen LogP contribution is 2.26. The number of furan rings is 1. The molecule has 1 N–H and O–H groups in total. The molecule has 0 saturated heterocycles. The van der Waals surface area contributed by atoms with Gasteiger partial charge in [-0.15, -0.1) is 0 Å². The standard InChI is InChI=1S/C17H23NO3/c1-11(17(2,3)4)18(5)10-12-6-7-14-13(8-12)9-15(21-14)16(19)20/h6-9,11H,10H2,1-5H3,(H,19,20). The Labute approximate surface area is 125 Å². The summed E-state index contributed by atoms with van der Waals surface area (Å²) < 4.78 is 5.28. The molecule has 0 radical (unpaired) electrons. The Bertz CT molecular complexity index is 652. The molecule has 1 aromatic carbocycles. The molecular formula is C17H23NO3. The summed E-state index contributed by atoms with van der Waals surface area (Å²) in [5.74, 6) is -1.05. The largest absolute Gasteiger partial charge is 0.475 e. The van der Waals surface area contributed by atoms with E-state index >= 15 is 0 Å². The van der Waals surface area contributed by atoms with Crippen LogP contribution in [-0.2, 0) is 6.54 Å². The van der Waals surface area contributed by atoms with Crippen molar-refractivity contribution in [2.45, 2.75) is 40.3 Å². The van der Waals surface area contributed by atoms with Gasteiger partial charge in [0.1, 0.15) is 5.58 Å². The van der Waals surface area contributed by atoms with Gasteiger partial charge in [0.25, 0.3) is 0 Å². The number of hydrogen-bond acceptors (Lipinski definition) is 3. The van der Waals surface area contributed by atoms with Gasteiger partial charge in [-0.05, 0) is 43.1 Å². The number of nitrogens with zero attached hydrogens (tertiary/aromatic N) is 1. The Balaban J connectivity index is 2.21. The molecule has 4 heteroatoms. The number of carboxylic acids is 1. The summed E-state index contributed by atoms with van der Waals surface area (Å²) in [6.07, 6.45) is 0. The molecule has 0 aliphatic heterocycles. The van der Waals surface area contributed by atoms with Crippen LogP contribution in [0.2, 0.25) is 0 Å². The Morgan fingerprint density at radius 3 is 2.57 bits per heavy atom. The first-order valence-corrected chi connectivity index (χ1v) is 7.14. The zero-order valence-electron chi connectivity index (χ0n) is 13.3. The van der Waals surface area contributed by atoms with Crippen LogP contribution in [0.5, 0.6) is 0 Å². The summed E-state index contributed by atoms with van der Waals surface area (Å²) >= 11 is 0. The van der Waals surface area contributed by atoms with E-state index in [1.54, 1.807) is 6.07 Å². The predicted octanol–water partition coefficient (Wildman–Crippen LogP) is 4.00. The van der Waals surface area contributed by atoms with Crippen LogP contribution in [0.25, 0.3) is 11.0 Å². The maximum Gasteiger partial charge on any atom is 0.371 e. The van der Waals surface area contributed by atoms with E-state index in [4.69, 9.17) is 9.52 Å². The molecule has 0 fully saturated rings. The second-order valence-corrected chi connectivity index (χ2v) is 6.75. The van der Waals surface area contributed by atoms with Crippen molar-refractivity contribution in [3.8, 4) is 0 Å². The quantitative estimate of drug-likeness (QED) is 0.924. The minimum atomic E-state index is -1.04. The summed E-state index contributed by atoms with van der Waals surface area (Å²) in [6, 6.07) is 7.84. The third kappa shape index (κ3) is 3.45. The van der Waals surface area contributed by atoms with Gasteiger partial charge in [-0.25, -0.2) is 4.79 Å². The highest BCUT2D eigenvalue weighted by Gasteiger charge is 2.23. The monoisotopic (exact) mass is 289 g/mol. The lowest BCUT2D eigenvalue weighted by atomic mass is 9.87. The van der Waals surface area contributed by atoms with Crippen LogP contribution in [-0.4, -0.2) is 29.1 Å². The Morgan fingerprint density at radius 1 is 1.33 bits per heavy atom. The lowest BCUT2D eigenvalue weighted by Crippen LogP contribution is -2.38. The van der Waals surface area contributed by atoms with E-state index in [1.807, 2.05) is 18.2 Å². The van der Waals surface area contributed by atoms with Gasteiger partial charge < -0.3 is 9.52 Å². The normalized spacial score (nSPS) is 13.8. The number of aromatic carboxylic acids is 1. The molecule has 1 atom stereocenters. The van der Waals surface area contributed by atoms with Gasteiger partial charge >= 0.3 is 5.97 Å². The molecule has 114 valence electrons. The Morgan fingerprint density at radius 2 is 2.00 bits per heavy atom. The van der Waals surface area contributed by atoms with Crippen molar-refractivity contribution in [3.63, 3.8) is 0 Å². The Hall–Kier alpha value is -1.81. The van der Waals surface area contributed by atoms with Crippen LogP contribution in [0.3, 0.4) is 0 Å². The van der Waals surface area contributed by atoms with E-state index in [9.17, 15) is 4.79 Å². The average molecular weight is 289 g/mol. The molecule has 0 saturated carbocycles. The molecule has 2 rings (SSSR count). The summed E-state index contributed by atoms with van der Waals surface area (Å²) in [5, 5.41) is 9.80. The molecule has 0 aliphatic rings. The minimum absolute atomic E-state index is 0.0152. The molecule has 21 heavy (non-hydrogen) atoms. The highest BCUT2D eigenvalue weighted by molar-refractivity contribution is 5.91. The molecule has 0 aliphatic carbocycles. The maximum absolute atomic E-state index is 10.9. The van der Waals surface area contributed by atoms with Crippen molar-refractivity contribution < 1.29 is 14.3 Å². The molecular weight excluding hydrogens is 266 g/mol. The smallest absolute Gasteiger partial charge is 0.371 e. The van der Waals surface area contributed by atoms with Crippen molar-refractivity contribution in [1.82, 2.24) is 4.90 Å². The molecule has 1 heterocycles. The summed E-state index contributed by atoms with van der Waals surface area (Å²) in [5.41, 5.74) is 1.98. The van der Waals surface area contributed by atoms with Gasteiger partial charge in [-0.2, -0.15) is 0 Å². The van der Waals surface area contributed by atoms with Gasteiger partial charge in [-0.1, -0.05) is 26.8 Å². The van der Waals surface area contributed by atoms with Crippen molar-refractivity contribution in [2.75, 3.05) is 7.05 Å². The first kappa shape index (κ1) is 15.6. The van der Waals surface area contributed by atoms with E-state index in [0.717, 1.165) is 17.5 Å². The second-order valence-electron chi connectivity index (χ2n) is 6.75. The number of rotatable bonds is 4. The van der Waals surface area contributed by atoms with Gasteiger partial charge in [0.05, 0.1) is 0 Å². The van der Waals surface area contributed by atoms with Crippen LogP contribution >= 0.6 is 0 Å². The third-order valence-electron chi connectivity index (χ3n) is 4.14. The van der Waals surface area contributed by atoms with Crippen LogP contribution in [0.1, 0.15) is 43.8 Å². The third-order valence-corrected chi connectivity index (χ3v) is 4.14. The number of carboxylic acid groups (broad SMARTS) is 1. The van der Waals surface area contributed by atoms with E-state index in [-0.39, 0.29) is 11.2 Å². The molecule has 0 bridgehead atoms. The second kappa shape index (κ2) is 5.53. The fraction of sp³-hybridized carbons (Fsp3) is 0.471. The summed E-state index contributed by atoms with van der Waals surface area (Å²) in [4.78, 5) is 13.2. The number of carbonyl (C=O) groups is 1. The van der Waals surface area contributed by atoms with Crippen molar-refractivity contribution in [2.24, 2.45) is 5.41 Å². The van der Waals surface area contributed by atoms with E-state index in [1.165, 1.54) is 0 Å². The molecule has 1 aromatic heterocycles. The maximum atomic E-state index is 10.9. The molecule has 0 amide bonds. The number of benzene rings is 1. The minimum Gasteiger partial charge on any atom is -0.475 e. The zero-order chi connectivity index (χ0) is 15.8. The highest BCUT2D eigenvalue weighted by atomic mass is 16.4. The Kier molecular flexibility index (Phi) is 4.10. The van der Waals surface area contributed by atoms with Crippen LogP contribution in [0.15, 0.2) is 28.7 Å². The van der Waals surface area contributed by atoms with Crippen LogP contribution < -0.4 is 0 Å².